The molecule has 2 aromatic carbocycles. The van der Waals surface area contributed by atoms with Crippen LogP contribution in [0.25, 0.3) is 28.0 Å². The molecule has 3 N–H and O–H groups in total. The fraction of sp³-hybridized carbons (Fsp3) is 0.240. The number of carbonyl (C=O) groups is 1. The number of rotatable bonds is 3. The lowest BCUT2D eigenvalue weighted by Crippen LogP contribution is -2.35. The van der Waals surface area contributed by atoms with Crippen LogP contribution in [0, 0.1) is 5.92 Å². The largest absolute Gasteiger partial charge is 0.390 e. The van der Waals surface area contributed by atoms with Crippen LogP contribution in [0.4, 0.5) is 5.82 Å². The van der Waals surface area contributed by atoms with E-state index in [1.54, 1.807) is 16.8 Å². The van der Waals surface area contributed by atoms with E-state index < -0.39 is 12.2 Å². The fourth-order valence-electron chi connectivity index (χ4n) is 4.92. The van der Waals surface area contributed by atoms with Crippen molar-refractivity contribution in [3.63, 3.8) is 0 Å². The summed E-state index contributed by atoms with van der Waals surface area (Å²) < 4.78 is 1.70. The van der Waals surface area contributed by atoms with Gasteiger partial charge in [0.15, 0.2) is 11.4 Å². The average molecular weight is 426 g/mol. The highest BCUT2D eigenvalue weighted by Gasteiger charge is 2.39. The van der Waals surface area contributed by atoms with Crippen molar-refractivity contribution in [2.45, 2.75) is 31.6 Å². The topological polar surface area (TPSA) is 99.8 Å². The summed E-state index contributed by atoms with van der Waals surface area (Å²) in [4.78, 5) is 17.3. The molecule has 0 spiro atoms. The molecule has 4 aromatic rings. The van der Waals surface area contributed by atoms with Crippen LogP contribution < -0.4 is 5.32 Å². The number of nitrogens with zero attached hydrogens (tertiary/aromatic N) is 3. The van der Waals surface area contributed by atoms with Crippen molar-refractivity contribution in [3.8, 4) is 22.4 Å². The summed E-state index contributed by atoms with van der Waals surface area (Å²) in [5.74, 6) is 0.738. The third-order valence-corrected chi connectivity index (χ3v) is 6.68. The Balaban J connectivity index is 1.37. The molecule has 0 amide bonds. The summed E-state index contributed by atoms with van der Waals surface area (Å²) in [7, 11) is 0. The minimum atomic E-state index is -0.840. The van der Waals surface area contributed by atoms with Crippen LogP contribution in [0.15, 0.2) is 60.8 Å². The number of hydrogen-bond donors (Lipinski definition) is 3. The minimum Gasteiger partial charge on any atom is -0.390 e. The Labute approximate surface area is 184 Å². The molecule has 0 radical (unpaired) electrons. The van der Waals surface area contributed by atoms with Crippen molar-refractivity contribution >= 4 is 17.2 Å². The van der Waals surface area contributed by atoms with Gasteiger partial charge in [-0.2, -0.15) is 9.61 Å². The van der Waals surface area contributed by atoms with Gasteiger partial charge < -0.3 is 15.5 Å². The number of anilines is 1. The summed E-state index contributed by atoms with van der Waals surface area (Å²) in [6.45, 7) is 1.93. The lowest BCUT2D eigenvalue weighted by molar-refractivity contribution is 0.0210. The fourth-order valence-corrected chi connectivity index (χ4v) is 4.92. The monoisotopic (exact) mass is 426 g/mol. The van der Waals surface area contributed by atoms with E-state index in [0.717, 1.165) is 22.3 Å². The first-order valence-electron chi connectivity index (χ1n) is 10.8. The summed E-state index contributed by atoms with van der Waals surface area (Å²) in [6.07, 6.45) is 0.764. The normalized spacial score (nSPS) is 24.0. The van der Waals surface area contributed by atoms with E-state index in [4.69, 9.17) is 5.10 Å². The maximum Gasteiger partial charge on any atom is 0.194 e. The van der Waals surface area contributed by atoms with Crippen LogP contribution in [0.5, 0.6) is 0 Å². The average Bonchev–Trinajstić information content (AvgIpc) is 3.44. The second kappa shape index (κ2) is 6.98. The first-order valence-corrected chi connectivity index (χ1v) is 10.8. The zero-order valence-electron chi connectivity index (χ0n) is 17.4. The van der Waals surface area contributed by atoms with Crippen LogP contribution in [0.1, 0.15) is 29.3 Å². The molecular weight excluding hydrogens is 404 g/mol. The number of fused-ring (bicyclic) bond motifs is 4. The number of hydrogen-bond acceptors (Lipinski definition) is 6. The Morgan fingerprint density at radius 1 is 0.969 bits per heavy atom. The molecule has 1 fully saturated rings. The molecule has 0 saturated heterocycles. The second-order valence-electron chi connectivity index (χ2n) is 8.71. The van der Waals surface area contributed by atoms with E-state index in [0.29, 0.717) is 29.1 Å². The molecule has 4 atom stereocenters. The van der Waals surface area contributed by atoms with Crippen LogP contribution in [-0.2, 0) is 0 Å². The molecule has 2 aromatic heterocycles. The highest BCUT2D eigenvalue weighted by molar-refractivity contribution is 6.22. The highest BCUT2D eigenvalue weighted by Crippen LogP contribution is 2.38. The predicted molar refractivity (Wildman–Crippen MR) is 120 cm³/mol. The smallest absolute Gasteiger partial charge is 0.194 e. The van der Waals surface area contributed by atoms with Gasteiger partial charge in [-0.05, 0) is 35.6 Å². The van der Waals surface area contributed by atoms with Gasteiger partial charge in [-0.3, -0.25) is 4.79 Å². The third-order valence-electron chi connectivity index (χ3n) is 6.68. The minimum absolute atomic E-state index is 0.0149. The molecule has 0 bridgehead atoms. The first-order chi connectivity index (χ1) is 15.5. The molecule has 160 valence electrons. The Morgan fingerprint density at radius 2 is 1.75 bits per heavy atom. The van der Waals surface area contributed by atoms with E-state index >= 15 is 0 Å². The van der Waals surface area contributed by atoms with Crippen LogP contribution in [-0.4, -0.2) is 48.8 Å². The first kappa shape index (κ1) is 19.2. The van der Waals surface area contributed by atoms with E-state index in [9.17, 15) is 15.0 Å². The molecule has 0 unspecified atom stereocenters. The van der Waals surface area contributed by atoms with Crippen molar-refractivity contribution < 1.29 is 15.0 Å². The molecular formula is C25H22N4O3. The van der Waals surface area contributed by atoms with Crippen LogP contribution in [0.2, 0.25) is 0 Å². The van der Waals surface area contributed by atoms with Gasteiger partial charge in [-0.15, -0.1) is 0 Å². The quantitative estimate of drug-likeness (QED) is 0.410. The Morgan fingerprint density at radius 3 is 2.53 bits per heavy atom. The number of aliphatic hydroxyl groups excluding tert-OH is 2. The Bertz CT molecular complexity index is 1380. The van der Waals surface area contributed by atoms with Crippen molar-refractivity contribution in [3.05, 3.63) is 71.9 Å². The molecule has 2 aliphatic carbocycles. The molecule has 6 rings (SSSR count). The van der Waals surface area contributed by atoms with Gasteiger partial charge in [0.25, 0.3) is 0 Å². The number of aliphatic hydroxyl groups is 2. The van der Waals surface area contributed by atoms with Gasteiger partial charge in [0.05, 0.1) is 17.8 Å². The van der Waals surface area contributed by atoms with Gasteiger partial charge >= 0.3 is 0 Å². The van der Waals surface area contributed by atoms with Crippen molar-refractivity contribution in [2.24, 2.45) is 5.92 Å². The maximum absolute atomic E-state index is 12.9. The van der Waals surface area contributed by atoms with Crippen LogP contribution >= 0.6 is 0 Å². The summed E-state index contributed by atoms with van der Waals surface area (Å²) in [6, 6.07) is 16.9. The molecule has 2 aliphatic rings. The van der Waals surface area contributed by atoms with Crippen molar-refractivity contribution in [1.29, 1.82) is 0 Å². The lowest BCUT2D eigenvalue weighted by atomic mass is 10.0. The van der Waals surface area contributed by atoms with Gasteiger partial charge in [-0.1, -0.05) is 43.3 Å². The van der Waals surface area contributed by atoms with Gasteiger partial charge in [0.1, 0.15) is 11.9 Å². The van der Waals surface area contributed by atoms with E-state index in [-0.39, 0.29) is 17.7 Å². The van der Waals surface area contributed by atoms with Gasteiger partial charge in [0.2, 0.25) is 0 Å². The second-order valence-corrected chi connectivity index (χ2v) is 8.71. The molecule has 7 nitrogen and oxygen atoms in total. The Kier molecular flexibility index (Phi) is 4.18. The zero-order valence-corrected chi connectivity index (χ0v) is 17.4. The molecule has 0 aliphatic heterocycles. The lowest BCUT2D eigenvalue weighted by Gasteiger charge is -2.19. The summed E-state index contributed by atoms with van der Waals surface area (Å²) >= 11 is 0. The Hall–Kier alpha value is -3.55. The number of nitrogens with one attached hydrogen (secondary N) is 1. The van der Waals surface area contributed by atoms with Gasteiger partial charge in [0, 0.05) is 29.0 Å². The number of benzene rings is 2. The van der Waals surface area contributed by atoms with Gasteiger partial charge in [-0.25, -0.2) is 4.98 Å². The van der Waals surface area contributed by atoms with E-state index in [1.165, 1.54) is 0 Å². The van der Waals surface area contributed by atoms with E-state index in [1.807, 2.05) is 55.5 Å². The molecule has 2 heterocycles. The highest BCUT2D eigenvalue weighted by atomic mass is 16.3. The van der Waals surface area contributed by atoms with Crippen molar-refractivity contribution in [1.82, 2.24) is 14.6 Å². The number of carbonyl (C=O) groups excluding carboxylic acids is 1. The zero-order chi connectivity index (χ0) is 22.0. The number of ketones is 1. The van der Waals surface area contributed by atoms with Crippen molar-refractivity contribution in [2.75, 3.05) is 5.32 Å². The number of aromatic nitrogens is 3. The predicted octanol–water partition coefficient (Wildman–Crippen LogP) is 3.15. The standard InChI is InChI=1S/C25H22N4O3/c1-13-10-20(25(32)23(13)30)27-21-8-9-26-22-12-19(28-29(21)22)14-6-7-16-15-4-2-3-5-17(15)24(31)18(16)11-14/h2-9,11-13,20,23,25,27,30,32H,10H2,1H3/t13-,20-,23-,25+/m1/s1. The molecule has 7 heteroatoms. The molecule has 32 heavy (non-hydrogen) atoms. The molecule has 1 saturated carbocycles. The summed E-state index contributed by atoms with van der Waals surface area (Å²) in [5, 5.41) is 28.5. The third kappa shape index (κ3) is 2.78. The van der Waals surface area contributed by atoms with E-state index in [2.05, 4.69) is 10.3 Å². The maximum atomic E-state index is 12.9. The van der Waals surface area contributed by atoms with Crippen LogP contribution in [0.3, 0.4) is 0 Å². The SMILES string of the molecule is C[C@@H]1C[C@@H](Nc2ccnc3cc(-c4ccc5c(c4)C(=O)c4ccccc4-5)nn23)[C@H](O)[C@@H]1O. The summed E-state index contributed by atoms with van der Waals surface area (Å²) in [5.41, 5.74) is 5.53.